The number of rotatable bonds is 3. The van der Waals surface area contributed by atoms with E-state index in [4.69, 9.17) is 0 Å². The number of amides is 1. The van der Waals surface area contributed by atoms with E-state index in [9.17, 15) is 14.7 Å². The van der Waals surface area contributed by atoms with Crippen LogP contribution in [0.2, 0.25) is 0 Å². The van der Waals surface area contributed by atoms with E-state index in [2.05, 4.69) is 15.3 Å². The Labute approximate surface area is 124 Å². The maximum absolute atomic E-state index is 12.4. The smallest absolute Gasteiger partial charge is 0.308 e. The van der Waals surface area contributed by atoms with E-state index < -0.39 is 17.4 Å². The molecular formula is C15H21N3O3. The zero-order chi connectivity index (χ0) is 15.6. The third kappa shape index (κ3) is 3.20. The Balaban J connectivity index is 2.22. The summed E-state index contributed by atoms with van der Waals surface area (Å²) in [4.78, 5) is 32.1. The summed E-state index contributed by atoms with van der Waals surface area (Å²) in [5.74, 6) is -1.10. The fourth-order valence-electron chi connectivity index (χ4n) is 3.01. The van der Waals surface area contributed by atoms with Gasteiger partial charge in [-0.05, 0) is 33.6 Å². The maximum atomic E-state index is 12.4. The van der Waals surface area contributed by atoms with Crippen LogP contribution in [0.4, 0.5) is 0 Å². The number of aryl methyl sites for hydroxylation is 2. The molecule has 0 aliphatic heterocycles. The van der Waals surface area contributed by atoms with Crippen molar-refractivity contribution in [2.75, 3.05) is 0 Å². The van der Waals surface area contributed by atoms with Crippen molar-refractivity contribution in [3.05, 3.63) is 23.3 Å². The summed E-state index contributed by atoms with van der Waals surface area (Å²) in [6.45, 7) is 5.33. The average molecular weight is 291 g/mol. The number of nitrogens with zero attached hydrogens (tertiary/aromatic N) is 2. The number of aliphatic carboxylic acids is 1. The highest BCUT2D eigenvalue weighted by Crippen LogP contribution is 2.34. The monoisotopic (exact) mass is 291 g/mol. The fourth-order valence-corrected chi connectivity index (χ4v) is 3.01. The third-order valence-corrected chi connectivity index (χ3v) is 4.25. The number of carboxylic acid groups (broad SMARTS) is 1. The molecule has 2 unspecified atom stereocenters. The second-order valence-corrected chi connectivity index (χ2v) is 5.92. The molecule has 1 heterocycles. The number of aromatic nitrogens is 2. The van der Waals surface area contributed by atoms with Gasteiger partial charge in [0.05, 0.1) is 22.7 Å². The van der Waals surface area contributed by atoms with Crippen molar-refractivity contribution in [3.8, 4) is 0 Å². The van der Waals surface area contributed by atoms with Gasteiger partial charge in [0, 0.05) is 6.20 Å². The van der Waals surface area contributed by atoms with Gasteiger partial charge in [0.25, 0.3) is 5.91 Å². The molecule has 1 saturated carbocycles. The number of carbonyl (C=O) groups is 2. The van der Waals surface area contributed by atoms with Crippen molar-refractivity contribution >= 4 is 11.9 Å². The first kappa shape index (κ1) is 15.4. The average Bonchev–Trinajstić information content (AvgIpc) is 2.37. The summed E-state index contributed by atoms with van der Waals surface area (Å²) in [5.41, 5.74) is 0.279. The van der Waals surface area contributed by atoms with Crippen LogP contribution in [0.3, 0.4) is 0 Å². The summed E-state index contributed by atoms with van der Waals surface area (Å²) < 4.78 is 0. The molecule has 1 aromatic heterocycles. The van der Waals surface area contributed by atoms with Gasteiger partial charge in [-0.3, -0.25) is 9.59 Å². The van der Waals surface area contributed by atoms with Crippen LogP contribution in [0.1, 0.15) is 54.5 Å². The molecule has 2 rings (SSSR count). The molecule has 21 heavy (non-hydrogen) atoms. The molecule has 1 fully saturated rings. The second-order valence-electron chi connectivity index (χ2n) is 5.92. The Kier molecular flexibility index (Phi) is 4.25. The molecular weight excluding hydrogens is 270 g/mol. The molecule has 1 aliphatic rings. The van der Waals surface area contributed by atoms with Crippen LogP contribution in [0.5, 0.6) is 0 Å². The Bertz CT molecular complexity index is 573. The molecule has 0 saturated heterocycles. The molecule has 1 aromatic rings. The molecule has 2 atom stereocenters. The van der Waals surface area contributed by atoms with E-state index in [1.807, 2.05) is 6.92 Å². The minimum Gasteiger partial charge on any atom is -0.481 e. The summed E-state index contributed by atoms with van der Waals surface area (Å²) in [6, 6.07) is 0. The van der Waals surface area contributed by atoms with Crippen LogP contribution < -0.4 is 5.32 Å². The van der Waals surface area contributed by atoms with Gasteiger partial charge in [-0.25, -0.2) is 9.97 Å². The lowest BCUT2D eigenvalue weighted by Gasteiger charge is -2.39. The second kappa shape index (κ2) is 5.79. The summed E-state index contributed by atoms with van der Waals surface area (Å²) in [7, 11) is 0. The van der Waals surface area contributed by atoms with Gasteiger partial charge < -0.3 is 10.4 Å². The first-order valence-corrected chi connectivity index (χ1v) is 7.19. The maximum Gasteiger partial charge on any atom is 0.308 e. The largest absolute Gasteiger partial charge is 0.481 e. The molecule has 6 heteroatoms. The zero-order valence-electron chi connectivity index (χ0n) is 12.6. The highest BCUT2D eigenvalue weighted by molar-refractivity contribution is 5.95. The standard InChI is InChI=1S/C15H21N3O3/c1-9-11(8-16-10(2)17-9)13(19)18-15(3)7-5-4-6-12(15)14(20)21/h8,12H,4-7H2,1-3H3,(H,18,19)(H,20,21). The molecule has 0 aromatic carbocycles. The molecule has 1 amide bonds. The minimum atomic E-state index is -0.852. The molecule has 2 N–H and O–H groups in total. The fraction of sp³-hybridized carbons (Fsp3) is 0.600. The molecule has 114 valence electrons. The Morgan fingerprint density at radius 3 is 2.71 bits per heavy atom. The van der Waals surface area contributed by atoms with Gasteiger partial charge in [0.2, 0.25) is 0 Å². The molecule has 0 spiro atoms. The molecule has 1 aliphatic carbocycles. The predicted octanol–water partition coefficient (Wildman–Crippen LogP) is 1.86. The number of nitrogens with one attached hydrogen (secondary N) is 1. The first-order chi connectivity index (χ1) is 9.83. The van der Waals surface area contributed by atoms with Crippen LogP contribution in [0, 0.1) is 19.8 Å². The number of hydrogen-bond acceptors (Lipinski definition) is 4. The molecule has 0 bridgehead atoms. The van der Waals surface area contributed by atoms with E-state index >= 15 is 0 Å². The summed E-state index contributed by atoms with van der Waals surface area (Å²) >= 11 is 0. The highest BCUT2D eigenvalue weighted by atomic mass is 16.4. The normalized spacial score (nSPS) is 25.4. The van der Waals surface area contributed by atoms with Gasteiger partial charge >= 0.3 is 5.97 Å². The van der Waals surface area contributed by atoms with Crippen LogP contribution >= 0.6 is 0 Å². The van der Waals surface area contributed by atoms with E-state index in [-0.39, 0.29) is 5.91 Å². The van der Waals surface area contributed by atoms with Crippen LogP contribution in [0.25, 0.3) is 0 Å². The highest BCUT2D eigenvalue weighted by Gasteiger charge is 2.42. The lowest BCUT2D eigenvalue weighted by atomic mass is 9.73. The van der Waals surface area contributed by atoms with Gasteiger partial charge in [0.15, 0.2) is 0 Å². The molecule has 0 radical (unpaired) electrons. The van der Waals surface area contributed by atoms with Crippen molar-refractivity contribution in [3.63, 3.8) is 0 Å². The Morgan fingerprint density at radius 1 is 1.38 bits per heavy atom. The zero-order valence-corrected chi connectivity index (χ0v) is 12.6. The summed E-state index contributed by atoms with van der Waals surface area (Å²) in [5, 5.41) is 12.3. The van der Waals surface area contributed by atoms with Crippen molar-refractivity contribution in [2.45, 2.75) is 52.0 Å². The quantitative estimate of drug-likeness (QED) is 0.886. The molecule has 6 nitrogen and oxygen atoms in total. The van der Waals surface area contributed by atoms with Crippen LogP contribution in [-0.2, 0) is 4.79 Å². The SMILES string of the molecule is Cc1ncc(C(=O)NC2(C)CCCCC2C(=O)O)c(C)n1. The van der Waals surface area contributed by atoms with Crippen LogP contribution in [0.15, 0.2) is 6.20 Å². The van der Waals surface area contributed by atoms with Gasteiger partial charge in [-0.15, -0.1) is 0 Å². The van der Waals surface area contributed by atoms with Crippen molar-refractivity contribution in [2.24, 2.45) is 5.92 Å². The predicted molar refractivity (Wildman–Crippen MR) is 77.0 cm³/mol. The van der Waals surface area contributed by atoms with E-state index in [0.717, 1.165) is 12.8 Å². The first-order valence-electron chi connectivity index (χ1n) is 7.19. The minimum absolute atomic E-state index is 0.303. The number of hydrogen-bond donors (Lipinski definition) is 2. The van der Waals surface area contributed by atoms with Gasteiger partial charge in [-0.2, -0.15) is 0 Å². The van der Waals surface area contributed by atoms with Crippen molar-refractivity contribution in [1.29, 1.82) is 0 Å². The number of carboxylic acids is 1. The van der Waals surface area contributed by atoms with Crippen LogP contribution in [-0.4, -0.2) is 32.5 Å². The third-order valence-electron chi connectivity index (χ3n) is 4.25. The lowest BCUT2D eigenvalue weighted by molar-refractivity contribution is -0.145. The van der Waals surface area contributed by atoms with Gasteiger partial charge in [0.1, 0.15) is 5.82 Å². The summed E-state index contributed by atoms with van der Waals surface area (Å²) in [6.07, 6.45) is 4.56. The number of carbonyl (C=O) groups excluding carboxylic acids is 1. The van der Waals surface area contributed by atoms with E-state index in [1.54, 1.807) is 13.8 Å². The Morgan fingerprint density at radius 2 is 2.10 bits per heavy atom. The topological polar surface area (TPSA) is 92.2 Å². The van der Waals surface area contributed by atoms with E-state index in [1.165, 1.54) is 6.20 Å². The van der Waals surface area contributed by atoms with Crippen molar-refractivity contribution < 1.29 is 14.7 Å². The van der Waals surface area contributed by atoms with Crippen molar-refractivity contribution in [1.82, 2.24) is 15.3 Å². The lowest BCUT2D eigenvalue weighted by Crippen LogP contribution is -2.55. The van der Waals surface area contributed by atoms with Gasteiger partial charge in [-0.1, -0.05) is 12.8 Å². The van der Waals surface area contributed by atoms with E-state index in [0.29, 0.717) is 29.9 Å². The Hall–Kier alpha value is -1.98.